The molecule has 0 radical (unpaired) electrons. The summed E-state index contributed by atoms with van der Waals surface area (Å²) in [5, 5.41) is 0. The van der Waals surface area contributed by atoms with Gasteiger partial charge in [0.2, 0.25) is 0 Å². The first-order valence-corrected chi connectivity index (χ1v) is 5.62. The van der Waals surface area contributed by atoms with Crippen molar-refractivity contribution in [3.8, 4) is 0 Å². The maximum atomic E-state index is 5.62. The van der Waals surface area contributed by atoms with Gasteiger partial charge in [0, 0.05) is 5.69 Å². The molecule has 94 valence electrons. The van der Waals surface area contributed by atoms with Gasteiger partial charge in [-0.15, -0.1) is 0 Å². The molecule has 1 rings (SSSR count). The van der Waals surface area contributed by atoms with Gasteiger partial charge in [0.05, 0.1) is 0 Å². The molecule has 0 spiro atoms. The molecule has 0 aliphatic rings. The van der Waals surface area contributed by atoms with E-state index in [2.05, 4.69) is 26.0 Å². The molecule has 2 nitrogen and oxygen atoms in total. The Labute approximate surface area is 101 Å². The summed E-state index contributed by atoms with van der Waals surface area (Å²) in [5.41, 5.74) is 13.4. The third kappa shape index (κ3) is 5.17. The van der Waals surface area contributed by atoms with Crippen molar-refractivity contribution in [3.05, 3.63) is 29.8 Å². The first-order chi connectivity index (χ1) is 7.06. The Morgan fingerprint density at radius 2 is 1.50 bits per heavy atom. The summed E-state index contributed by atoms with van der Waals surface area (Å²) in [7, 11) is 0. The van der Waals surface area contributed by atoms with Crippen molar-refractivity contribution in [2.45, 2.75) is 47.0 Å². The Morgan fingerprint density at radius 3 is 1.88 bits per heavy atom. The first kappa shape index (κ1) is 17.4. The maximum Gasteiger partial charge on any atom is 0.0314 e. The zero-order valence-corrected chi connectivity index (χ0v) is 10.4. The lowest BCUT2D eigenvalue weighted by Crippen LogP contribution is -2.21. The van der Waals surface area contributed by atoms with E-state index in [0.717, 1.165) is 18.7 Å². The Morgan fingerprint density at radius 1 is 1.06 bits per heavy atom. The molecule has 0 aliphatic carbocycles. The molecular weight excluding hydrogens is 196 g/mol. The van der Waals surface area contributed by atoms with Crippen molar-refractivity contribution < 1.29 is 0 Å². The average molecular weight is 224 g/mol. The number of anilines is 1. The molecular formula is C14H28N2. The predicted octanol–water partition coefficient (Wildman–Crippen LogP) is 3.56. The van der Waals surface area contributed by atoms with Crippen molar-refractivity contribution in [3.63, 3.8) is 0 Å². The van der Waals surface area contributed by atoms with Crippen molar-refractivity contribution in [1.82, 2.24) is 0 Å². The fourth-order valence-corrected chi connectivity index (χ4v) is 1.44. The number of rotatable bonds is 3. The number of nitrogen functional groups attached to an aromatic ring is 1. The molecule has 0 heterocycles. The van der Waals surface area contributed by atoms with Gasteiger partial charge in [-0.1, -0.05) is 47.3 Å². The number of nitrogens with two attached hydrogens (primary N) is 2. The van der Waals surface area contributed by atoms with E-state index in [0.29, 0.717) is 0 Å². The quantitative estimate of drug-likeness (QED) is 0.771. The summed E-state index contributed by atoms with van der Waals surface area (Å²) in [5.74, 6) is 0. The van der Waals surface area contributed by atoms with Gasteiger partial charge in [0.1, 0.15) is 0 Å². The van der Waals surface area contributed by atoms with Crippen LogP contribution >= 0.6 is 0 Å². The highest BCUT2D eigenvalue weighted by atomic mass is 14.5. The van der Waals surface area contributed by atoms with Crippen molar-refractivity contribution in [2.24, 2.45) is 5.73 Å². The number of hydrogen-bond donors (Lipinski definition) is 2. The van der Waals surface area contributed by atoms with Crippen LogP contribution in [-0.2, 0) is 5.41 Å². The van der Waals surface area contributed by atoms with Crippen LogP contribution in [-0.4, -0.2) is 6.54 Å². The van der Waals surface area contributed by atoms with Crippen LogP contribution in [0.4, 0.5) is 5.69 Å². The van der Waals surface area contributed by atoms with Gasteiger partial charge < -0.3 is 11.5 Å². The molecule has 1 aromatic carbocycles. The van der Waals surface area contributed by atoms with Crippen LogP contribution in [0, 0.1) is 0 Å². The van der Waals surface area contributed by atoms with Crippen LogP contribution in [0.5, 0.6) is 0 Å². The van der Waals surface area contributed by atoms with Gasteiger partial charge in [-0.25, -0.2) is 0 Å². The minimum atomic E-state index is 0. The van der Waals surface area contributed by atoms with E-state index in [4.69, 9.17) is 11.5 Å². The lowest BCUT2D eigenvalue weighted by atomic mass is 9.81. The first-order valence-electron chi connectivity index (χ1n) is 5.62. The predicted molar refractivity (Wildman–Crippen MR) is 75.6 cm³/mol. The third-order valence-electron chi connectivity index (χ3n) is 2.46. The SMILES string of the molecule is C.CC.CC(C)(CCN)c1ccc(N)cc1. The Kier molecular flexibility index (Phi) is 8.87. The fraction of sp³-hybridized carbons (Fsp3) is 0.571. The van der Waals surface area contributed by atoms with Gasteiger partial charge in [-0.05, 0) is 36.1 Å². The smallest absolute Gasteiger partial charge is 0.0314 e. The van der Waals surface area contributed by atoms with Gasteiger partial charge >= 0.3 is 0 Å². The lowest BCUT2D eigenvalue weighted by molar-refractivity contribution is 0.488. The molecule has 0 aromatic heterocycles. The molecule has 0 atom stereocenters. The second-order valence-corrected chi connectivity index (χ2v) is 4.04. The summed E-state index contributed by atoms with van der Waals surface area (Å²) < 4.78 is 0. The molecule has 0 amide bonds. The molecule has 0 saturated carbocycles. The van der Waals surface area contributed by atoms with E-state index in [1.165, 1.54) is 5.56 Å². The van der Waals surface area contributed by atoms with Crippen molar-refractivity contribution in [1.29, 1.82) is 0 Å². The molecule has 0 unspecified atom stereocenters. The largest absolute Gasteiger partial charge is 0.399 e. The minimum absolute atomic E-state index is 0. The lowest BCUT2D eigenvalue weighted by Gasteiger charge is -2.24. The Balaban J connectivity index is 0. The summed E-state index contributed by atoms with van der Waals surface area (Å²) in [4.78, 5) is 0. The summed E-state index contributed by atoms with van der Waals surface area (Å²) in [6.07, 6.45) is 0.997. The normalized spacial score (nSPS) is 9.81. The third-order valence-corrected chi connectivity index (χ3v) is 2.46. The monoisotopic (exact) mass is 224 g/mol. The molecule has 4 N–H and O–H groups in total. The zero-order valence-electron chi connectivity index (χ0n) is 10.4. The van der Waals surface area contributed by atoms with E-state index in [9.17, 15) is 0 Å². The zero-order chi connectivity index (χ0) is 11.9. The molecule has 0 bridgehead atoms. The van der Waals surface area contributed by atoms with Crippen molar-refractivity contribution in [2.75, 3.05) is 12.3 Å². The second kappa shape index (κ2) is 8.17. The summed E-state index contributed by atoms with van der Waals surface area (Å²) in [6, 6.07) is 8.02. The molecule has 0 fully saturated rings. The second-order valence-electron chi connectivity index (χ2n) is 4.04. The van der Waals surface area contributed by atoms with E-state index >= 15 is 0 Å². The Bertz CT molecular complexity index is 263. The van der Waals surface area contributed by atoms with E-state index in [1.54, 1.807) is 0 Å². The van der Waals surface area contributed by atoms with E-state index in [1.807, 2.05) is 26.0 Å². The standard InChI is InChI=1S/C11H18N2.C2H6.CH4/c1-11(2,7-8-12)9-3-5-10(13)6-4-9;1-2;/h3-6H,7-8,12-13H2,1-2H3;1-2H3;1H4. The Hall–Kier alpha value is -1.02. The van der Waals surface area contributed by atoms with Crippen LogP contribution in [0.15, 0.2) is 24.3 Å². The maximum absolute atomic E-state index is 5.62. The number of benzene rings is 1. The molecule has 0 saturated heterocycles. The minimum Gasteiger partial charge on any atom is -0.399 e. The van der Waals surface area contributed by atoms with Gasteiger partial charge in [-0.2, -0.15) is 0 Å². The molecule has 16 heavy (non-hydrogen) atoms. The fourth-order valence-electron chi connectivity index (χ4n) is 1.44. The van der Waals surface area contributed by atoms with Crippen LogP contribution < -0.4 is 11.5 Å². The van der Waals surface area contributed by atoms with Crippen molar-refractivity contribution >= 4 is 5.69 Å². The number of hydrogen-bond acceptors (Lipinski definition) is 2. The van der Waals surface area contributed by atoms with Crippen LogP contribution in [0.25, 0.3) is 0 Å². The van der Waals surface area contributed by atoms with E-state index < -0.39 is 0 Å². The molecule has 0 aliphatic heterocycles. The average Bonchev–Trinajstić information content (AvgIpc) is 2.21. The summed E-state index contributed by atoms with van der Waals surface area (Å²) in [6.45, 7) is 9.12. The van der Waals surface area contributed by atoms with E-state index in [-0.39, 0.29) is 12.8 Å². The topological polar surface area (TPSA) is 52.0 Å². The van der Waals surface area contributed by atoms with Gasteiger partial charge in [0.15, 0.2) is 0 Å². The van der Waals surface area contributed by atoms with Gasteiger partial charge in [0.25, 0.3) is 0 Å². The molecule has 2 heteroatoms. The molecule has 1 aromatic rings. The highest BCUT2D eigenvalue weighted by molar-refractivity contribution is 5.41. The van der Waals surface area contributed by atoms with Gasteiger partial charge in [-0.3, -0.25) is 0 Å². The van der Waals surface area contributed by atoms with Crippen LogP contribution in [0.3, 0.4) is 0 Å². The van der Waals surface area contributed by atoms with Crippen LogP contribution in [0.1, 0.15) is 47.1 Å². The highest BCUT2D eigenvalue weighted by Crippen LogP contribution is 2.26. The summed E-state index contributed by atoms with van der Waals surface area (Å²) >= 11 is 0. The highest BCUT2D eigenvalue weighted by Gasteiger charge is 2.18. The van der Waals surface area contributed by atoms with Crippen LogP contribution in [0.2, 0.25) is 0 Å².